The van der Waals surface area contributed by atoms with Crippen molar-refractivity contribution in [2.45, 2.75) is 75.6 Å². The number of halogens is 2. The molecule has 0 aromatic carbocycles. The van der Waals surface area contributed by atoms with Crippen molar-refractivity contribution >= 4 is 23.2 Å². The number of alkyl halides is 2. The lowest BCUT2D eigenvalue weighted by molar-refractivity contribution is 0.0374. The molecule has 2 heterocycles. The minimum absolute atomic E-state index is 0.124. The van der Waals surface area contributed by atoms with E-state index < -0.39 is 5.00 Å². The Morgan fingerprint density at radius 2 is 1.71 bits per heavy atom. The molecule has 2 fully saturated rings. The molecule has 4 nitrogen and oxygen atoms in total. The van der Waals surface area contributed by atoms with Gasteiger partial charge < -0.3 is 10.2 Å². The Morgan fingerprint density at radius 1 is 1.04 bits per heavy atom. The van der Waals surface area contributed by atoms with Crippen molar-refractivity contribution in [3.05, 3.63) is 0 Å². The van der Waals surface area contributed by atoms with E-state index in [1.54, 1.807) is 0 Å². The molecule has 8 atom stereocenters. The number of nitrogens with one attached hydrogen (secondary N) is 1. The van der Waals surface area contributed by atoms with Crippen LogP contribution in [0.25, 0.3) is 0 Å². The second-order valence-corrected chi connectivity index (χ2v) is 9.36. The Balaban J connectivity index is 2.36. The number of likely N-dealkylation sites (N-methyl/N-ethyl adjacent to an activating group) is 1. The van der Waals surface area contributed by atoms with Gasteiger partial charge in [-0.2, -0.15) is 0 Å². The molecule has 2 rings (SSSR count). The summed E-state index contributed by atoms with van der Waals surface area (Å²) in [5.74, 6) is 0. The highest BCUT2D eigenvalue weighted by Crippen LogP contribution is 2.33. The molecule has 0 aromatic rings. The van der Waals surface area contributed by atoms with E-state index in [1.807, 2.05) is 0 Å². The van der Waals surface area contributed by atoms with E-state index in [2.05, 4.69) is 61.7 Å². The SMILES string of the molecule is CC1CC(C)N2CCN(C)C(C)C(Cl)C(C)(Cl)N(CCN1)CC2C. The van der Waals surface area contributed by atoms with Gasteiger partial charge in [-0.3, -0.25) is 9.80 Å². The van der Waals surface area contributed by atoms with Crippen molar-refractivity contribution in [2.24, 2.45) is 0 Å². The van der Waals surface area contributed by atoms with Gasteiger partial charge in [0.25, 0.3) is 0 Å². The number of hydrogen-bond donors (Lipinski definition) is 1. The van der Waals surface area contributed by atoms with Crippen LogP contribution in [0, 0.1) is 0 Å². The molecule has 2 aliphatic rings. The van der Waals surface area contributed by atoms with Crippen molar-refractivity contribution in [1.82, 2.24) is 20.0 Å². The highest BCUT2D eigenvalue weighted by molar-refractivity contribution is 6.32. The maximum Gasteiger partial charge on any atom is 0.111 e. The van der Waals surface area contributed by atoms with Gasteiger partial charge in [-0.05, 0) is 48.1 Å². The molecule has 6 heteroatoms. The van der Waals surface area contributed by atoms with E-state index >= 15 is 0 Å². The molecule has 2 bridgehead atoms. The van der Waals surface area contributed by atoms with Gasteiger partial charge in [0.15, 0.2) is 0 Å². The van der Waals surface area contributed by atoms with Gasteiger partial charge in [-0.1, -0.05) is 0 Å². The standard InChI is InChI=1S/C18H36Cl2N4/c1-13-11-14(2)24-10-9-22(6)16(4)17(19)18(5,20)23(8-7-21-13)12-15(24)3/h13-17,21H,7-12H2,1-6H3. The third-order valence-electron chi connectivity index (χ3n) is 6.14. The molecular formula is C18H36Cl2N4. The molecule has 0 radical (unpaired) electrons. The lowest BCUT2D eigenvalue weighted by atomic mass is 10.0. The smallest absolute Gasteiger partial charge is 0.111 e. The van der Waals surface area contributed by atoms with Crippen LogP contribution in [0.1, 0.15) is 41.0 Å². The number of hydrogen-bond acceptors (Lipinski definition) is 4. The molecule has 0 aliphatic carbocycles. The van der Waals surface area contributed by atoms with Crippen LogP contribution in [0.2, 0.25) is 0 Å². The summed E-state index contributed by atoms with van der Waals surface area (Å²) in [6, 6.07) is 1.77. The predicted octanol–water partition coefficient (Wildman–Crippen LogP) is 2.65. The van der Waals surface area contributed by atoms with Gasteiger partial charge in [0.2, 0.25) is 0 Å². The summed E-state index contributed by atoms with van der Waals surface area (Å²) in [5, 5.41) is 3.53. The van der Waals surface area contributed by atoms with Crippen LogP contribution in [0.15, 0.2) is 0 Å². The third-order valence-corrected chi connectivity index (χ3v) is 7.51. The summed E-state index contributed by atoms with van der Waals surface area (Å²) in [6.45, 7) is 16.2. The summed E-state index contributed by atoms with van der Waals surface area (Å²) in [6.07, 6.45) is 1.18. The summed E-state index contributed by atoms with van der Waals surface area (Å²) >= 11 is 13.9. The molecule has 24 heavy (non-hydrogen) atoms. The maximum atomic E-state index is 7.06. The fourth-order valence-corrected chi connectivity index (χ4v) is 4.94. The first-order valence-electron chi connectivity index (χ1n) is 9.42. The number of fused-ring (bicyclic) bond motifs is 3. The van der Waals surface area contributed by atoms with E-state index in [0.717, 1.165) is 32.7 Å². The van der Waals surface area contributed by atoms with E-state index in [0.29, 0.717) is 18.1 Å². The zero-order valence-corrected chi connectivity index (χ0v) is 17.7. The van der Waals surface area contributed by atoms with E-state index in [9.17, 15) is 0 Å². The zero-order valence-electron chi connectivity index (χ0n) is 16.2. The van der Waals surface area contributed by atoms with Crippen LogP contribution in [-0.2, 0) is 0 Å². The lowest BCUT2D eigenvalue weighted by Gasteiger charge is -2.49. The Labute approximate surface area is 158 Å². The zero-order chi connectivity index (χ0) is 18.1. The van der Waals surface area contributed by atoms with Crippen LogP contribution < -0.4 is 5.32 Å². The molecule has 8 unspecified atom stereocenters. The second kappa shape index (κ2) is 8.41. The van der Waals surface area contributed by atoms with Crippen molar-refractivity contribution in [3.8, 4) is 0 Å². The first-order chi connectivity index (χ1) is 11.1. The molecular weight excluding hydrogens is 343 g/mol. The highest BCUT2D eigenvalue weighted by atomic mass is 35.5. The average molecular weight is 379 g/mol. The maximum absolute atomic E-state index is 7.06. The summed E-state index contributed by atoms with van der Waals surface area (Å²) in [4.78, 5) is 6.85. The van der Waals surface area contributed by atoms with Gasteiger partial charge in [0.05, 0.1) is 5.38 Å². The first kappa shape index (κ1) is 20.7. The predicted molar refractivity (Wildman–Crippen MR) is 105 cm³/mol. The van der Waals surface area contributed by atoms with Crippen LogP contribution in [0.3, 0.4) is 0 Å². The van der Waals surface area contributed by atoms with E-state index in [4.69, 9.17) is 23.2 Å². The Hall–Kier alpha value is 0.420. The average Bonchev–Trinajstić information content (AvgIpc) is 2.50. The third kappa shape index (κ3) is 4.57. The van der Waals surface area contributed by atoms with Crippen LogP contribution in [0.4, 0.5) is 0 Å². The molecule has 2 saturated heterocycles. The molecule has 1 N–H and O–H groups in total. The Kier molecular flexibility index (Phi) is 7.26. The van der Waals surface area contributed by atoms with E-state index in [-0.39, 0.29) is 11.4 Å². The highest BCUT2D eigenvalue weighted by Gasteiger charge is 2.43. The monoisotopic (exact) mass is 378 g/mol. The minimum Gasteiger partial charge on any atom is -0.313 e. The fourth-order valence-electron chi connectivity index (χ4n) is 4.28. The Bertz CT molecular complexity index is 406. The second-order valence-electron chi connectivity index (χ2n) is 8.12. The topological polar surface area (TPSA) is 21.8 Å². The van der Waals surface area contributed by atoms with Crippen molar-refractivity contribution in [2.75, 3.05) is 39.8 Å². The van der Waals surface area contributed by atoms with Crippen molar-refractivity contribution in [1.29, 1.82) is 0 Å². The summed E-state index contributed by atoms with van der Waals surface area (Å²) < 4.78 is 0. The van der Waals surface area contributed by atoms with Crippen molar-refractivity contribution in [3.63, 3.8) is 0 Å². The number of nitrogens with zero attached hydrogens (tertiary/aromatic N) is 3. The van der Waals surface area contributed by atoms with Gasteiger partial charge >= 0.3 is 0 Å². The summed E-state index contributed by atoms with van der Waals surface area (Å²) in [5.41, 5.74) is 0. The molecule has 0 spiro atoms. The first-order valence-corrected chi connectivity index (χ1v) is 10.2. The summed E-state index contributed by atoms with van der Waals surface area (Å²) in [7, 11) is 2.17. The number of rotatable bonds is 0. The normalized spacial score (nSPS) is 49.8. The van der Waals surface area contributed by atoms with E-state index in [1.165, 1.54) is 6.42 Å². The lowest BCUT2D eigenvalue weighted by Crippen LogP contribution is -2.62. The van der Waals surface area contributed by atoms with Crippen LogP contribution in [0.5, 0.6) is 0 Å². The molecule has 142 valence electrons. The Morgan fingerprint density at radius 3 is 2.38 bits per heavy atom. The molecule has 2 aliphatic heterocycles. The molecule has 0 amide bonds. The molecule has 0 saturated carbocycles. The van der Waals surface area contributed by atoms with Crippen molar-refractivity contribution < 1.29 is 0 Å². The van der Waals surface area contributed by atoms with Gasteiger partial charge in [-0.15, -0.1) is 23.2 Å². The van der Waals surface area contributed by atoms with Gasteiger partial charge in [0.1, 0.15) is 5.00 Å². The minimum atomic E-state index is -0.556. The van der Waals surface area contributed by atoms with Crippen LogP contribution >= 0.6 is 23.2 Å². The fraction of sp³-hybridized carbons (Fsp3) is 1.00. The quantitative estimate of drug-likeness (QED) is 0.516. The van der Waals surface area contributed by atoms with Crippen LogP contribution in [-0.4, -0.2) is 89.0 Å². The van der Waals surface area contributed by atoms with Gasteiger partial charge in [-0.25, -0.2) is 0 Å². The van der Waals surface area contributed by atoms with Gasteiger partial charge in [0, 0.05) is 56.9 Å². The largest absolute Gasteiger partial charge is 0.313 e. The molecule has 0 aromatic heterocycles.